The molecule has 0 aromatic heterocycles. The summed E-state index contributed by atoms with van der Waals surface area (Å²) in [5.41, 5.74) is 0.270. The summed E-state index contributed by atoms with van der Waals surface area (Å²) in [6.45, 7) is 12.2. The van der Waals surface area contributed by atoms with E-state index in [1.54, 1.807) is 4.90 Å². The minimum atomic E-state index is -0.630. The van der Waals surface area contributed by atoms with Crippen LogP contribution in [-0.4, -0.2) is 22.8 Å². The first-order valence-corrected chi connectivity index (χ1v) is 7.63. The molecule has 3 nitrogen and oxygen atoms in total. The maximum Gasteiger partial charge on any atom is 0.239 e. The third kappa shape index (κ3) is 2.11. The highest BCUT2D eigenvalue weighted by Gasteiger charge is 2.57. The van der Waals surface area contributed by atoms with E-state index < -0.39 is 5.41 Å². The Morgan fingerprint density at radius 2 is 1.80 bits per heavy atom. The number of allylic oxidation sites excluding steroid dienone is 1. The van der Waals surface area contributed by atoms with Crippen molar-refractivity contribution in [1.82, 2.24) is 4.90 Å². The van der Waals surface area contributed by atoms with Crippen LogP contribution in [-0.2, 0) is 9.59 Å². The van der Waals surface area contributed by atoms with Gasteiger partial charge in [-0.25, -0.2) is 0 Å². The Bertz CT molecular complexity index is 468. The third-order valence-electron chi connectivity index (χ3n) is 5.16. The van der Waals surface area contributed by atoms with E-state index in [0.717, 1.165) is 24.8 Å². The second-order valence-corrected chi connectivity index (χ2v) is 7.79. The Balaban J connectivity index is 2.34. The van der Waals surface area contributed by atoms with Crippen molar-refractivity contribution in [3.8, 4) is 0 Å². The van der Waals surface area contributed by atoms with Crippen LogP contribution in [0, 0.1) is 16.7 Å². The van der Waals surface area contributed by atoms with E-state index in [0.29, 0.717) is 0 Å². The average molecular weight is 277 g/mol. The fourth-order valence-corrected chi connectivity index (χ4v) is 3.47. The summed E-state index contributed by atoms with van der Waals surface area (Å²) >= 11 is 0. The molecule has 0 aromatic carbocycles. The topological polar surface area (TPSA) is 37.4 Å². The van der Waals surface area contributed by atoms with Crippen molar-refractivity contribution < 1.29 is 9.59 Å². The van der Waals surface area contributed by atoms with Crippen LogP contribution < -0.4 is 0 Å². The van der Waals surface area contributed by atoms with Gasteiger partial charge in [-0.3, -0.25) is 14.5 Å². The van der Waals surface area contributed by atoms with Crippen molar-refractivity contribution in [2.75, 3.05) is 0 Å². The summed E-state index contributed by atoms with van der Waals surface area (Å²) in [6, 6.07) is 0.169. The average Bonchev–Trinajstić information content (AvgIpc) is 2.70. The number of β-lactam (4-membered cyclic amide) rings is 1. The molecule has 20 heavy (non-hydrogen) atoms. The molecule has 3 unspecified atom stereocenters. The normalized spacial score (nSPS) is 28.5. The van der Waals surface area contributed by atoms with Gasteiger partial charge in [-0.1, -0.05) is 38.8 Å². The molecule has 1 saturated carbocycles. The molecule has 2 fully saturated rings. The number of hydrogen-bond donors (Lipinski definition) is 0. The lowest BCUT2D eigenvalue weighted by molar-refractivity contribution is -0.171. The monoisotopic (exact) mass is 277 g/mol. The van der Waals surface area contributed by atoms with Crippen molar-refractivity contribution in [1.29, 1.82) is 0 Å². The number of rotatable bonds is 2. The summed E-state index contributed by atoms with van der Waals surface area (Å²) in [6.07, 6.45) is 5.05. The van der Waals surface area contributed by atoms with Crippen LogP contribution in [0.25, 0.3) is 0 Å². The summed E-state index contributed by atoms with van der Waals surface area (Å²) in [4.78, 5) is 26.8. The van der Waals surface area contributed by atoms with Crippen molar-refractivity contribution in [2.24, 2.45) is 16.7 Å². The third-order valence-corrected chi connectivity index (χ3v) is 5.16. The van der Waals surface area contributed by atoms with E-state index in [9.17, 15) is 9.59 Å². The first-order valence-electron chi connectivity index (χ1n) is 7.63. The summed E-state index contributed by atoms with van der Waals surface area (Å²) in [5, 5.41) is 0. The van der Waals surface area contributed by atoms with Crippen molar-refractivity contribution >= 4 is 11.8 Å². The van der Waals surface area contributed by atoms with Gasteiger partial charge in [0.25, 0.3) is 0 Å². The predicted octanol–water partition coefficient (Wildman–Crippen LogP) is 3.54. The summed E-state index contributed by atoms with van der Waals surface area (Å²) in [7, 11) is 0. The number of likely N-dealkylation sites (tertiary alicyclic amines) is 1. The van der Waals surface area contributed by atoms with Crippen LogP contribution in [0.1, 0.15) is 60.8 Å². The highest BCUT2D eigenvalue weighted by atomic mass is 16.2. The van der Waals surface area contributed by atoms with Gasteiger partial charge < -0.3 is 0 Å². The quantitative estimate of drug-likeness (QED) is 0.572. The van der Waals surface area contributed by atoms with Crippen LogP contribution in [0.3, 0.4) is 0 Å². The molecule has 0 spiro atoms. The van der Waals surface area contributed by atoms with Crippen LogP contribution in [0.4, 0.5) is 0 Å². The van der Waals surface area contributed by atoms with Gasteiger partial charge in [-0.05, 0) is 39.0 Å². The zero-order chi connectivity index (χ0) is 15.3. The van der Waals surface area contributed by atoms with E-state index in [-0.39, 0.29) is 29.2 Å². The number of carbonyl (C=O) groups excluding carboxylic acids is 2. The predicted molar refractivity (Wildman–Crippen MR) is 80.0 cm³/mol. The zero-order valence-electron chi connectivity index (χ0n) is 13.6. The number of hydrogen-bond acceptors (Lipinski definition) is 2. The van der Waals surface area contributed by atoms with Gasteiger partial charge in [-0.2, -0.15) is 0 Å². The van der Waals surface area contributed by atoms with Crippen molar-refractivity contribution in [3.63, 3.8) is 0 Å². The summed E-state index contributed by atoms with van der Waals surface area (Å²) < 4.78 is 0. The highest BCUT2D eigenvalue weighted by Crippen LogP contribution is 2.47. The first kappa shape index (κ1) is 15.3. The Morgan fingerprint density at radius 1 is 1.20 bits per heavy atom. The lowest BCUT2D eigenvalue weighted by Gasteiger charge is -2.49. The Hall–Kier alpha value is -1.12. The molecular weight excluding hydrogens is 250 g/mol. The molecule has 2 aliphatic rings. The SMILES string of the molecule is CC(C)=CC(C)(C(=O)N1C(=O)C2CCCC21)C(C)(C)C. The molecule has 112 valence electrons. The molecule has 0 aromatic rings. The molecule has 0 N–H and O–H groups in total. The largest absolute Gasteiger partial charge is 0.278 e. The molecule has 3 heteroatoms. The number of carbonyl (C=O) groups is 2. The van der Waals surface area contributed by atoms with E-state index in [1.165, 1.54) is 0 Å². The van der Waals surface area contributed by atoms with Crippen molar-refractivity contribution in [3.05, 3.63) is 11.6 Å². The Labute approximate surface area is 122 Å². The van der Waals surface area contributed by atoms with Gasteiger partial charge in [0.2, 0.25) is 11.8 Å². The van der Waals surface area contributed by atoms with Gasteiger partial charge >= 0.3 is 0 Å². The minimum Gasteiger partial charge on any atom is -0.278 e. The zero-order valence-corrected chi connectivity index (χ0v) is 13.6. The van der Waals surface area contributed by atoms with E-state index in [4.69, 9.17) is 0 Å². The van der Waals surface area contributed by atoms with E-state index in [1.807, 2.05) is 26.8 Å². The van der Waals surface area contributed by atoms with Gasteiger partial charge in [0.05, 0.1) is 17.4 Å². The van der Waals surface area contributed by atoms with Gasteiger partial charge in [0.15, 0.2) is 0 Å². The summed E-state index contributed by atoms with van der Waals surface area (Å²) in [5.74, 6) is 0.157. The molecular formula is C17H27NO2. The molecule has 2 rings (SSSR count). The fourth-order valence-electron chi connectivity index (χ4n) is 3.47. The van der Waals surface area contributed by atoms with Crippen LogP contribution >= 0.6 is 0 Å². The lowest BCUT2D eigenvalue weighted by atomic mass is 9.65. The van der Waals surface area contributed by atoms with E-state index in [2.05, 4.69) is 20.8 Å². The lowest BCUT2D eigenvalue weighted by Crippen LogP contribution is -2.64. The molecule has 0 bridgehead atoms. The molecule has 1 saturated heterocycles. The molecule has 2 amide bonds. The van der Waals surface area contributed by atoms with Crippen molar-refractivity contribution in [2.45, 2.75) is 66.8 Å². The van der Waals surface area contributed by atoms with Crippen LogP contribution in [0.5, 0.6) is 0 Å². The Kier molecular flexibility index (Phi) is 3.60. The highest BCUT2D eigenvalue weighted by molar-refractivity contribution is 6.05. The minimum absolute atomic E-state index is 0.0145. The molecule has 3 atom stereocenters. The van der Waals surface area contributed by atoms with Gasteiger partial charge in [0.1, 0.15) is 0 Å². The molecule has 1 aliphatic heterocycles. The van der Waals surface area contributed by atoms with Crippen LogP contribution in [0.15, 0.2) is 11.6 Å². The molecule has 1 heterocycles. The molecule has 0 radical (unpaired) electrons. The number of amides is 2. The maximum atomic E-state index is 13.0. The smallest absolute Gasteiger partial charge is 0.239 e. The molecule has 1 aliphatic carbocycles. The number of imide groups is 1. The fraction of sp³-hybridized carbons (Fsp3) is 0.765. The number of nitrogens with zero attached hydrogens (tertiary/aromatic N) is 1. The van der Waals surface area contributed by atoms with Crippen LogP contribution in [0.2, 0.25) is 0 Å². The van der Waals surface area contributed by atoms with E-state index >= 15 is 0 Å². The van der Waals surface area contributed by atoms with Gasteiger partial charge in [-0.15, -0.1) is 0 Å². The second kappa shape index (κ2) is 4.71. The standard InChI is InChI=1S/C17H27NO2/c1-11(2)10-17(6,16(3,4)5)15(20)18-13-9-7-8-12(13)14(18)19/h10,12-13H,7-9H2,1-6H3. The first-order chi connectivity index (χ1) is 9.09. The maximum absolute atomic E-state index is 13.0. The van der Waals surface area contributed by atoms with Gasteiger partial charge in [0, 0.05) is 0 Å². The number of fused-ring (bicyclic) bond motifs is 1. The second-order valence-electron chi connectivity index (χ2n) is 7.79. The Morgan fingerprint density at radius 3 is 2.30 bits per heavy atom.